The second kappa shape index (κ2) is 6.21. The molecule has 2 amide bonds. The average molecular weight is 356 g/mol. The van der Waals surface area contributed by atoms with Gasteiger partial charge in [-0.25, -0.2) is 9.78 Å². The van der Waals surface area contributed by atoms with Crippen LogP contribution in [0.2, 0.25) is 0 Å². The van der Waals surface area contributed by atoms with Crippen molar-refractivity contribution in [2.24, 2.45) is 0 Å². The fourth-order valence-corrected chi connectivity index (χ4v) is 3.93. The molecule has 3 aromatic rings. The van der Waals surface area contributed by atoms with Crippen molar-refractivity contribution in [3.05, 3.63) is 46.6 Å². The van der Waals surface area contributed by atoms with E-state index in [2.05, 4.69) is 20.0 Å². The average Bonchev–Trinajstić information content (AvgIpc) is 3.25. The van der Waals surface area contributed by atoms with Gasteiger partial charge in [0, 0.05) is 35.1 Å². The summed E-state index contributed by atoms with van der Waals surface area (Å²) in [6.45, 7) is 1.10. The van der Waals surface area contributed by atoms with E-state index >= 15 is 0 Å². The molecule has 0 saturated carbocycles. The van der Waals surface area contributed by atoms with E-state index in [0.717, 1.165) is 21.5 Å². The second-order valence-corrected chi connectivity index (χ2v) is 6.85. The van der Waals surface area contributed by atoms with E-state index in [-0.39, 0.29) is 5.91 Å². The first-order valence-electron chi connectivity index (χ1n) is 7.84. The number of carbonyl (C=O) groups excluding carboxylic acids is 2. The van der Waals surface area contributed by atoms with Crippen molar-refractivity contribution in [3.8, 4) is 0 Å². The lowest BCUT2D eigenvalue weighted by Gasteiger charge is -2.26. The topological polar surface area (TPSA) is 87.3 Å². The summed E-state index contributed by atoms with van der Waals surface area (Å²) in [6.07, 6.45) is 1.99. The van der Waals surface area contributed by atoms with Crippen molar-refractivity contribution in [1.82, 2.24) is 14.9 Å². The van der Waals surface area contributed by atoms with Gasteiger partial charge in [-0.2, -0.15) is 0 Å². The van der Waals surface area contributed by atoms with Crippen LogP contribution >= 0.6 is 11.3 Å². The van der Waals surface area contributed by atoms with E-state index in [1.165, 1.54) is 18.4 Å². The molecule has 0 radical (unpaired) electrons. The van der Waals surface area contributed by atoms with Gasteiger partial charge in [0.25, 0.3) is 5.91 Å². The molecule has 1 aromatic carbocycles. The smallest absolute Gasteiger partial charge is 0.413 e. The first-order valence-corrected chi connectivity index (χ1v) is 8.65. The van der Waals surface area contributed by atoms with Crippen LogP contribution in [0.25, 0.3) is 10.9 Å². The molecule has 0 fully saturated rings. The Labute approximate surface area is 147 Å². The fourth-order valence-electron chi connectivity index (χ4n) is 2.92. The van der Waals surface area contributed by atoms with Gasteiger partial charge in [0.15, 0.2) is 5.13 Å². The summed E-state index contributed by atoms with van der Waals surface area (Å²) in [5, 5.41) is 4.16. The summed E-state index contributed by atoms with van der Waals surface area (Å²) in [5.74, 6) is -0.00183. The van der Waals surface area contributed by atoms with Crippen LogP contribution in [0.4, 0.5) is 9.93 Å². The number of nitrogens with one attached hydrogen (secondary N) is 2. The van der Waals surface area contributed by atoms with Crippen molar-refractivity contribution in [2.45, 2.75) is 13.0 Å². The highest BCUT2D eigenvalue weighted by molar-refractivity contribution is 7.15. The number of benzene rings is 1. The molecule has 25 heavy (non-hydrogen) atoms. The summed E-state index contributed by atoms with van der Waals surface area (Å²) in [4.78, 5) is 34.5. The van der Waals surface area contributed by atoms with Crippen LogP contribution in [0.5, 0.6) is 0 Å². The van der Waals surface area contributed by atoms with Gasteiger partial charge < -0.3 is 14.6 Å². The summed E-state index contributed by atoms with van der Waals surface area (Å²) in [7, 11) is 1.31. The maximum absolute atomic E-state index is 12.8. The second-order valence-electron chi connectivity index (χ2n) is 5.76. The number of hydrogen-bond donors (Lipinski definition) is 2. The van der Waals surface area contributed by atoms with Gasteiger partial charge in [-0.15, -0.1) is 0 Å². The molecule has 0 aliphatic carbocycles. The number of carbonyl (C=O) groups is 2. The van der Waals surface area contributed by atoms with Crippen LogP contribution in [0.1, 0.15) is 20.9 Å². The number of fused-ring (bicyclic) bond motifs is 2. The highest BCUT2D eigenvalue weighted by atomic mass is 32.1. The number of aromatic nitrogens is 2. The Morgan fingerprint density at radius 1 is 1.36 bits per heavy atom. The zero-order valence-corrected chi connectivity index (χ0v) is 14.4. The molecule has 2 N–H and O–H groups in total. The monoisotopic (exact) mass is 356 g/mol. The number of aromatic amines is 1. The molecule has 0 bridgehead atoms. The number of hydrogen-bond acceptors (Lipinski definition) is 5. The molecule has 0 spiro atoms. The fraction of sp³-hybridized carbons (Fsp3) is 0.235. The van der Waals surface area contributed by atoms with Crippen molar-refractivity contribution in [1.29, 1.82) is 0 Å². The normalized spacial score (nSPS) is 13.6. The summed E-state index contributed by atoms with van der Waals surface area (Å²) >= 11 is 1.38. The van der Waals surface area contributed by atoms with E-state index in [1.54, 1.807) is 0 Å². The summed E-state index contributed by atoms with van der Waals surface area (Å²) in [6, 6.07) is 7.65. The molecule has 0 unspecified atom stereocenters. The number of anilines is 1. The van der Waals surface area contributed by atoms with Crippen LogP contribution in [0.15, 0.2) is 30.5 Å². The molecule has 2 aromatic heterocycles. The molecular weight excluding hydrogens is 340 g/mol. The first kappa shape index (κ1) is 15.6. The number of H-pyrrole nitrogens is 1. The van der Waals surface area contributed by atoms with Crippen LogP contribution in [-0.4, -0.2) is 40.5 Å². The quantitative estimate of drug-likeness (QED) is 0.739. The lowest BCUT2D eigenvalue weighted by atomic mass is 10.1. The predicted molar refractivity (Wildman–Crippen MR) is 94.9 cm³/mol. The first-order chi connectivity index (χ1) is 12.1. The van der Waals surface area contributed by atoms with Crippen molar-refractivity contribution < 1.29 is 14.3 Å². The third-order valence-electron chi connectivity index (χ3n) is 4.21. The number of amides is 2. The number of nitrogens with zero attached hydrogens (tertiary/aromatic N) is 2. The molecule has 8 heteroatoms. The zero-order valence-electron chi connectivity index (χ0n) is 13.5. The molecule has 0 atom stereocenters. The van der Waals surface area contributed by atoms with Gasteiger partial charge in [0.2, 0.25) is 0 Å². The minimum atomic E-state index is -0.543. The Morgan fingerprint density at radius 3 is 3.08 bits per heavy atom. The Hall–Kier alpha value is -2.87. The predicted octanol–water partition coefficient (Wildman–Crippen LogP) is 3.00. The van der Waals surface area contributed by atoms with E-state index in [9.17, 15) is 9.59 Å². The lowest BCUT2D eigenvalue weighted by molar-refractivity contribution is 0.0736. The van der Waals surface area contributed by atoms with Crippen LogP contribution in [-0.2, 0) is 17.7 Å². The number of methoxy groups -OCH3 is 1. The van der Waals surface area contributed by atoms with Gasteiger partial charge >= 0.3 is 6.09 Å². The molecule has 1 aliphatic rings. The number of thiazole rings is 1. The number of rotatable bonds is 2. The summed E-state index contributed by atoms with van der Waals surface area (Å²) in [5.41, 5.74) is 2.54. The Balaban J connectivity index is 1.53. The Morgan fingerprint density at radius 2 is 2.24 bits per heavy atom. The maximum atomic E-state index is 12.8. The third-order valence-corrected chi connectivity index (χ3v) is 5.21. The minimum Gasteiger partial charge on any atom is -0.453 e. The zero-order chi connectivity index (χ0) is 17.4. The van der Waals surface area contributed by atoms with Gasteiger partial charge in [-0.1, -0.05) is 17.4 Å². The Bertz CT molecular complexity index is 962. The van der Waals surface area contributed by atoms with E-state index in [0.29, 0.717) is 30.2 Å². The van der Waals surface area contributed by atoms with Gasteiger partial charge in [-0.3, -0.25) is 10.1 Å². The Kier molecular flexibility index (Phi) is 3.89. The van der Waals surface area contributed by atoms with E-state index in [4.69, 9.17) is 0 Å². The van der Waals surface area contributed by atoms with Gasteiger partial charge in [0.1, 0.15) is 0 Å². The van der Waals surface area contributed by atoms with Crippen molar-refractivity contribution in [2.75, 3.05) is 19.0 Å². The maximum Gasteiger partial charge on any atom is 0.413 e. The third kappa shape index (κ3) is 2.96. The molecule has 3 heterocycles. The van der Waals surface area contributed by atoms with Gasteiger partial charge in [-0.05, 0) is 23.6 Å². The highest BCUT2D eigenvalue weighted by Gasteiger charge is 2.25. The van der Waals surface area contributed by atoms with Gasteiger partial charge in [0.05, 0.1) is 19.3 Å². The van der Waals surface area contributed by atoms with E-state index < -0.39 is 6.09 Å². The molecule has 1 aliphatic heterocycles. The SMILES string of the molecule is COC(=O)Nc1nc2c(s1)CN(C(=O)c1ccc3cc[nH]c3c1)CC2. The molecule has 0 saturated heterocycles. The van der Waals surface area contributed by atoms with Crippen LogP contribution in [0.3, 0.4) is 0 Å². The standard InChI is InChI=1S/C17H16N4O3S/c1-24-17(23)20-16-19-12-5-7-21(9-14(12)25-16)15(22)11-3-2-10-4-6-18-13(10)8-11/h2-4,6,8,18H,5,7,9H2,1H3,(H,19,20,23). The van der Waals surface area contributed by atoms with Crippen LogP contribution in [0, 0.1) is 0 Å². The molecule has 4 rings (SSSR count). The van der Waals surface area contributed by atoms with E-state index in [1.807, 2.05) is 35.4 Å². The molecule has 128 valence electrons. The highest BCUT2D eigenvalue weighted by Crippen LogP contribution is 2.29. The summed E-state index contributed by atoms with van der Waals surface area (Å²) < 4.78 is 4.58. The lowest BCUT2D eigenvalue weighted by Crippen LogP contribution is -2.35. The van der Waals surface area contributed by atoms with Crippen molar-refractivity contribution >= 4 is 39.4 Å². The minimum absolute atomic E-state index is 0.00183. The molecular formula is C17H16N4O3S. The molecule has 7 nitrogen and oxygen atoms in total. The number of ether oxygens (including phenoxy) is 1. The van der Waals surface area contributed by atoms with Crippen molar-refractivity contribution in [3.63, 3.8) is 0 Å². The van der Waals surface area contributed by atoms with Crippen LogP contribution < -0.4 is 5.32 Å². The largest absolute Gasteiger partial charge is 0.453 e.